The van der Waals surface area contributed by atoms with Crippen molar-refractivity contribution in [2.75, 3.05) is 13.2 Å². The summed E-state index contributed by atoms with van der Waals surface area (Å²) in [6.45, 7) is 2.80. The maximum absolute atomic E-state index is 13.3. The highest BCUT2D eigenvalue weighted by Gasteiger charge is 2.68. The zero-order chi connectivity index (χ0) is 22.3. The summed E-state index contributed by atoms with van der Waals surface area (Å²) in [4.78, 5) is 39.7. The van der Waals surface area contributed by atoms with Gasteiger partial charge in [-0.1, -0.05) is 42.5 Å². The quantitative estimate of drug-likeness (QED) is 0.604. The lowest BCUT2D eigenvalue weighted by Crippen LogP contribution is -2.58. The van der Waals surface area contributed by atoms with E-state index >= 15 is 0 Å². The third-order valence-electron chi connectivity index (χ3n) is 6.27. The normalized spacial score (nSPS) is 28.0. The van der Waals surface area contributed by atoms with Gasteiger partial charge in [0.15, 0.2) is 5.54 Å². The molecular weight excluding hydrogens is 400 g/mol. The third-order valence-corrected chi connectivity index (χ3v) is 6.27. The number of furan rings is 1. The van der Waals surface area contributed by atoms with Crippen LogP contribution in [0.1, 0.15) is 28.7 Å². The lowest BCUT2D eigenvalue weighted by Gasteiger charge is -2.28. The topological polar surface area (TPSA) is 120 Å². The standard InChI is InChI=1S/C23H24N2O6/c1-13-11-16(31-14(13)2)19-17-18(23(12-26,24-19)22(29)30)21(28)25(20(17)27)10-6-9-15-7-4-3-5-8-15/h3-9,11,17-19,24,26H,10,12H2,1-2H3,(H,29,30)/b9-6-. The van der Waals surface area contributed by atoms with Crippen molar-refractivity contribution < 1.29 is 29.0 Å². The number of aliphatic hydroxyl groups excluding tert-OH is 1. The zero-order valence-corrected chi connectivity index (χ0v) is 17.2. The van der Waals surface area contributed by atoms with Crippen LogP contribution in [-0.2, 0) is 14.4 Å². The van der Waals surface area contributed by atoms with E-state index in [1.54, 1.807) is 25.1 Å². The summed E-state index contributed by atoms with van der Waals surface area (Å²) < 4.78 is 5.75. The average Bonchev–Trinajstić information content (AvgIpc) is 3.36. The molecule has 1 aromatic heterocycles. The third kappa shape index (κ3) is 3.28. The summed E-state index contributed by atoms with van der Waals surface area (Å²) in [5.41, 5.74) is -0.197. The Bertz CT molecular complexity index is 1040. The highest BCUT2D eigenvalue weighted by molar-refractivity contribution is 6.09. The van der Waals surface area contributed by atoms with Crippen LogP contribution in [0.3, 0.4) is 0 Å². The molecule has 162 valence electrons. The van der Waals surface area contributed by atoms with Gasteiger partial charge in [0.05, 0.1) is 24.5 Å². The van der Waals surface area contributed by atoms with Crippen molar-refractivity contribution in [3.05, 3.63) is 65.1 Å². The first kappa shape index (κ1) is 21.0. The van der Waals surface area contributed by atoms with Gasteiger partial charge in [-0.3, -0.25) is 24.6 Å². The summed E-state index contributed by atoms with van der Waals surface area (Å²) in [5, 5.41) is 22.8. The molecule has 31 heavy (non-hydrogen) atoms. The number of carbonyl (C=O) groups excluding carboxylic acids is 2. The second-order valence-electron chi connectivity index (χ2n) is 8.05. The first-order valence-electron chi connectivity index (χ1n) is 10.1. The van der Waals surface area contributed by atoms with Crippen molar-refractivity contribution in [3.63, 3.8) is 0 Å². The van der Waals surface area contributed by atoms with Crippen LogP contribution in [-0.4, -0.2) is 51.6 Å². The molecule has 2 amide bonds. The van der Waals surface area contributed by atoms with E-state index in [9.17, 15) is 24.6 Å². The molecule has 2 aliphatic rings. The fraction of sp³-hybridized carbons (Fsp3) is 0.348. The maximum Gasteiger partial charge on any atom is 0.327 e. The first-order chi connectivity index (χ1) is 14.8. The second-order valence-corrected chi connectivity index (χ2v) is 8.05. The van der Waals surface area contributed by atoms with E-state index in [-0.39, 0.29) is 6.54 Å². The van der Waals surface area contributed by atoms with Crippen molar-refractivity contribution in [1.82, 2.24) is 10.2 Å². The Labute approximate surface area is 179 Å². The summed E-state index contributed by atoms with van der Waals surface area (Å²) in [7, 11) is 0. The van der Waals surface area contributed by atoms with Gasteiger partial charge in [0.25, 0.3) is 0 Å². The molecule has 2 saturated heterocycles. The molecule has 3 heterocycles. The predicted molar refractivity (Wildman–Crippen MR) is 111 cm³/mol. The zero-order valence-electron chi connectivity index (χ0n) is 17.2. The van der Waals surface area contributed by atoms with E-state index in [2.05, 4.69) is 5.32 Å². The highest BCUT2D eigenvalue weighted by Crippen LogP contribution is 2.49. The van der Waals surface area contributed by atoms with Gasteiger partial charge in [-0.15, -0.1) is 0 Å². The van der Waals surface area contributed by atoms with Crippen molar-refractivity contribution in [2.45, 2.75) is 25.4 Å². The molecule has 8 nitrogen and oxygen atoms in total. The van der Waals surface area contributed by atoms with Crippen LogP contribution in [0.25, 0.3) is 6.08 Å². The average molecular weight is 424 g/mol. The SMILES string of the molecule is Cc1cc(C2NC(CO)(C(=O)O)C3C(=O)N(C/C=C\c4ccccc4)C(=O)C23)oc1C. The van der Waals surface area contributed by atoms with Crippen molar-refractivity contribution in [1.29, 1.82) is 0 Å². The largest absolute Gasteiger partial charge is 0.480 e. The number of aryl methyl sites for hydroxylation is 2. The van der Waals surface area contributed by atoms with Crippen LogP contribution >= 0.6 is 0 Å². The van der Waals surface area contributed by atoms with E-state index in [0.717, 1.165) is 16.0 Å². The Hall–Kier alpha value is -3.23. The minimum Gasteiger partial charge on any atom is -0.480 e. The number of hydrogen-bond acceptors (Lipinski definition) is 6. The predicted octanol–water partition coefficient (Wildman–Crippen LogP) is 1.67. The number of carboxylic acids is 1. The van der Waals surface area contributed by atoms with Crippen LogP contribution < -0.4 is 5.32 Å². The Morgan fingerprint density at radius 3 is 2.52 bits per heavy atom. The summed E-state index contributed by atoms with van der Waals surface area (Å²) in [6.07, 6.45) is 3.48. The molecule has 0 radical (unpaired) electrons. The monoisotopic (exact) mass is 424 g/mol. The molecule has 2 fully saturated rings. The van der Waals surface area contributed by atoms with Gasteiger partial charge in [0.2, 0.25) is 11.8 Å². The number of hydrogen-bond donors (Lipinski definition) is 3. The van der Waals surface area contributed by atoms with E-state index in [0.29, 0.717) is 11.5 Å². The number of nitrogens with one attached hydrogen (secondary N) is 1. The van der Waals surface area contributed by atoms with Gasteiger partial charge in [-0.25, -0.2) is 0 Å². The number of aliphatic hydroxyl groups is 1. The number of carbonyl (C=O) groups is 3. The molecule has 2 aliphatic heterocycles. The summed E-state index contributed by atoms with van der Waals surface area (Å²) in [5.74, 6) is -3.66. The number of rotatable bonds is 6. The van der Waals surface area contributed by atoms with E-state index < -0.39 is 47.8 Å². The van der Waals surface area contributed by atoms with Crippen LogP contribution in [0, 0.1) is 25.7 Å². The number of carboxylic acid groups (broad SMARTS) is 1. The van der Waals surface area contributed by atoms with Crippen molar-refractivity contribution in [2.24, 2.45) is 11.8 Å². The molecule has 3 N–H and O–H groups in total. The number of benzene rings is 1. The fourth-order valence-corrected chi connectivity index (χ4v) is 4.51. The number of likely N-dealkylation sites (tertiary alicyclic amines) is 1. The number of aliphatic carboxylic acids is 1. The smallest absolute Gasteiger partial charge is 0.327 e. The fourth-order valence-electron chi connectivity index (χ4n) is 4.51. The highest BCUT2D eigenvalue weighted by atomic mass is 16.4. The van der Waals surface area contributed by atoms with E-state index in [1.807, 2.05) is 37.3 Å². The molecule has 0 spiro atoms. The molecule has 0 aliphatic carbocycles. The van der Waals surface area contributed by atoms with E-state index in [4.69, 9.17) is 4.42 Å². The number of amides is 2. The first-order valence-corrected chi connectivity index (χ1v) is 10.1. The minimum atomic E-state index is -1.96. The Balaban J connectivity index is 1.68. The number of nitrogens with zero attached hydrogens (tertiary/aromatic N) is 1. The second kappa shape index (κ2) is 7.79. The Morgan fingerprint density at radius 2 is 1.94 bits per heavy atom. The van der Waals surface area contributed by atoms with Gasteiger partial charge in [-0.2, -0.15) is 0 Å². The maximum atomic E-state index is 13.3. The number of fused-ring (bicyclic) bond motifs is 1. The van der Waals surface area contributed by atoms with Gasteiger partial charge >= 0.3 is 5.97 Å². The van der Waals surface area contributed by atoms with Gasteiger partial charge in [-0.05, 0) is 31.0 Å². The lowest BCUT2D eigenvalue weighted by molar-refractivity contribution is -0.153. The molecular formula is C23H24N2O6. The Morgan fingerprint density at radius 1 is 1.23 bits per heavy atom. The molecule has 4 unspecified atom stereocenters. The van der Waals surface area contributed by atoms with Crippen LogP contribution in [0.4, 0.5) is 0 Å². The van der Waals surface area contributed by atoms with E-state index in [1.165, 1.54) is 0 Å². The molecule has 1 aromatic carbocycles. The molecule has 8 heteroatoms. The van der Waals surface area contributed by atoms with Crippen LogP contribution in [0.2, 0.25) is 0 Å². The Kier molecular flexibility index (Phi) is 5.28. The lowest BCUT2D eigenvalue weighted by atomic mass is 9.80. The molecule has 0 saturated carbocycles. The van der Waals surface area contributed by atoms with Crippen molar-refractivity contribution in [3.8, 4) is 0 Å². The van der Waals surface area contributed by atoms with Gasteiger partial charge in [0.1, 0.15) is 11.5 Å². The summed E-state index contributed by atoms with van der Waals surface area (Å²) >= 11 is 0. The molecule has 4 atom stereocenters. The van der Waals surface area contributed by atoms with Crippen LogP contribution in [0.15, 0.2) is 46.9 Å². The van der Waals surface area contributed by atoms with Crippen LogP contribution in [0.5, 0.6) is 0 Å². The molecule has 0 bridgehead atoms. The van der Waals surface area contributed by atoms with Gasteiger partial charge in [0, 0.05) is 6.54 Å². The summed E-state index contributed by atoms with van der Waals surface area (Å²) in [6, 6.07) is 10.3. The minimum absolute atomic E-state index is 0.0175. The van der Waals surface area contributed by atoms with Crippen molar-refractivity contribution >= 4 is 23.9 Å². The van der Waals surface area contributed by atoms with Gasteiger partial charge < -0.3 is 14.6 Å². The molecule has 2 aromatic rings. The number of imide groups is 1. The molecule has 4 rings (SSSR count).